The Morgan fingerprint density at radius 1 is 1.12 bits per heavy atom. The minimum Gasteiger partial charge on any atom is -0.494 e. The Kier molecular flexibility index (Phi) is 7.00. The van der Waals surface area contributed by atoms with Crippen molar-refractivity contribution in [3.05, 3.63) is 63.6 Å². The summed E-state index contributed by atoms with van der Waals surface area (Å²) in [7, 11) is 1.45. The maximum atomic E-state index is 11.9. The summed E-state index contributed by atoms with van der Waals surface area (Å²) in [6.45, 7) is 1.78. The van der Waals surface area contributed by atoms with Crippen molar-refractivity contribution in [1.82, 2.24) is 10.7 Å². The van der Waals surface area contributed by atoms with E-state index < -0.39 is 11.8 Å². The maximum Gasteiger partial charge on any atom is 0.329 e. The van der Waals surface area contributed by atoms with Crippen molar-refractivity contribution in [2.75, 3.05) is 7.11 Å². The van der Waals surface area contributed by atoms with Crippen LogP contribution in [0.3, 0.4) is 0 Å². The summed E-state index contributed by atoms with van der Waals surface area (Å²) >= 11 is 12.0. The fraction of sp³-hybridized carbons (Fsp3) is 0.167. The summed E-state index contributed by atoms with van der Waals surface area (Å²) in [6.07, 6.45) is 1.32. The minimum atomic E-state index is -0.880. The largest absolute Gasteiger partial charge is 0.494 e. The molecule has 6 nitrogen and oxygen atoms in total. The van der Waals surface area contributed by atoms with Crippen molar-refractivity contribution < 1.29 is 14.3 Å². The molecular formula is C18H17Cl2N3O3. The first-order chi connectivity index (χ1) is 12.4. The third-order valence-electron chi connectivity index (χ3n) is 3.46. The molecule has 0 aromatic heterocycles. The quantitative estimate of drug-likeness (QED) is 0.464. The van der Waals surface area contributed by atoms with Gasteiger partial charge in [0.2, 0.25) is 0 Å². The Morgan fingerprint density at radius 2 is 1.73 bits per heavy atom. The predicted molar refractivity (Wildman–Crippen MR) is 102 cm³/mol. The van der Waals surface area contributed by atoms with Crippen LogP contribution in [0.4, 0.5) is 0 Å². The Morgan fingerprint density at radius 3 is 2.31 bits per heavy atom. The summed E-state index contributed by atoms with van der Waals surface area (Å²) in [6, 6.07) is 12.1. The van der Waals surface area contributed by atoms with Crippen LogP contribution in [-0.2, 0) is 9.59 Å². The molecule has 0 saturated carbocycles. The van der Waals surface area contributed by atoms with E-state index in [9.17, 15) is 9.59 Å². The molecule has 0 unspecified atom stereocenters. The van der Waals surface area contributed by atoms with Crippen LogP contribution in [0.25, 0.3) is 0 Å². The molecular weight excluding hydrogens is 377 g/mol. The lowest BCUT2D eigenvalue weighted by Gasteiger charge is -2.13. The van der Waals surface area contributed by atoms with E-state index in [-0.39, 0.29) is 6.04 Å². The van der Waals surface area contributed by atoms with Crippen LogP contribution in [0.2, 0.25) is 10.0 Å². The first kappa shape index (κ1) is 19.8. The van der Waals surface area contributed by atoms with Crippen LogP contribution < -0.4 is 15.5 Å². The molecule has 0 spiro atoms. The van der Waals surface area contributed by atoms with Crippen LogP contribution >= 0.6 is 23.2 Å². The highest BCUT2D eigenvalue weighted by Gasteiger charge is 2.16. The second-order valence-electron chi connectivity index (χ2n) is 5.32. The molecule has 0 radical (unpaired) electrons. The van der Waals surface area contributed by atoms with Gasteiger partial charge in [0.05, 0.1) is 29.4 Å². The molecule has 0 fully saturated rings. The number of carbonyl (C=O) groups excluding carboxylic acids is 2. The highest BCUT2D eigenvalue weighted by molar-refractivity contribution is 6.37. The predicted octanol–water partition coefficient (Wildman–Crippen LogP) is 3.33. The van der Waals surface area contributed by atoms with Gasteiger partial charge in [0, 0.05) is 0 Å². The summed E-state index contributed by atoms with van der Waals surface area (Å²) in [5.41, 5.74) is 3.59. The molecule has 136 valence electrons. The first-order valence-electron chi connectivity index (χ1n) is 7.64. The number of halogens is 2. The number of methoxy groups -OCH3 is 1. The summed E-state index contributed by atoms with van der Waals surface area (Å²) in [5.74, 6) is -1.32. The van der Waals surface area contributed by atoms with E-state index in [0.29, 0.717) is 21.4 Å². The number of rotatable bonds is 5. The molecule has 2 amide bonds. The second kappa shape index (κ2) is 9.22. The van der Waals surface area contributed by atoms with Crippen molar-refractivity contribution in [1.29, 1.82) is 0 Å². The van der Waals surface area contributed by atoms with Gasteiger partial charge in [0.15, 0.2) is 5.75 Å². The summed E-state index contributed by atoms with van der Waals surface area (Å²) in [5, 5.41) is 6.95. The highest BCUT2D eigenvalue weighted by Crippen LogP contribution is 2.33. The molecule has 0 aliphatic heterocycles. The van der Waals surface area contributed by atoms with Crippen molar-refractivity contribution in [3.63, 3.8) is 0 Å². The lowest BCUT2D eigenvalue weighted by Crippen LogP contribution is -2.39. The summed E-state index contributed by atoms with van der Waals surface area (Å²) in [4.78, 5) is 23.7. The van der Waals surface area contributed by atoms with E-state index in [2.05, 4.69) is 15.8 Å². The van der Waals surface area contributed by atoms with Crippen LogP contribution in [-0.4, -0.2) is 25.1 Å². The van der Waals surface area contributed by atoms with Gasteiger partial charge in [0.25, 0.3) is 0 Å². The van der Waals surface area contributed by atoms with E-state index in [1.54, 1.807) is 19.1 Å². The van der Waals surface area contributed by atoms with Gasteiger partial charge in [-0.3, -0.25) is 9.59 Å². The zero-order valence-electron chi connectivity index (χ0n) is 14.1. The number of hydrogen-bond acceptors (Lipinski definition) is 4. The van der Waals surface area contributed by atoms with Gasteiger partial charge in [0.1, 0.15) is 0 Å². The number of benzene rings is 2. The molecule has 0 heterocycles. The number of nitrogens with one attached hydrogen (secondary N) is 2. The molecule has 2 aromatic carbocycles. The van der Waals surface area contributed by atoms with Crippen LogP contribution in [0.1, 0.15) is 24.1 Å². The zero-order valence-corrected chi connectivity index (χ0v) is 15.6. The standard InChI is InChI=1S/C18H17Cl2N3O3/c1-11(13-6-4-3-5-7-13)22-17(24)18(25)23-21-10-12-8-14(19)16(26-2)15(20)9-12/h3-11H,1-2H3,(H,22,24)(H,23,25)/b21-10-/t11-/m1/s1. The SMILES string of the molecule is COc1c(Cl)cc(/C=N\NC(=O)C(=O)N[C@H](C)c2ccccc2)cc1Cl. The third kappa shape index (κ3) is 5.21. The molecule has 2 aromatic rings. The lowest BCUT2D eigenvalue weighted by atomic mass is 10.1. The molecule has 26 heavy (non-hydrogen) atoms. The van der Waals surface area contributed by atoms with Crippen LogP contribution in [0.5, 0.6) is 5.75 Å². The Balaban J connectivity index is 1.93. The average molecular weight is 394 g/mol. The number of hydrazone groups is 1. The van der Waals surface area contributed by atoms with Gasteiger partial charge >= 0.3 is 11.8 Å². The highest BCUT2D eigenvalue weighted by atomic mass is 35.5. The second-order valence-corrected chi connectivity index (χ2v) is 6.14. The Labute approximate surface area is 161 Å². The Bertz CT molecular complexity index is 803. The molecule has 0 aliphatic carbocycles. The van der Waals surface area contributed by atoms with Gasteiger partial charge in [-0.2, -0.15) is 5.10 Å². The molecule has 2 rings (SSSR count). The Hall–Kier alpha value is -2.57. The van der Waals surface area contributed by atoms with E-state index in [0.717, 1.165) is 5.56 Å². The van der Waals surface area contributed by atoms with Crippen molar-refractivity contribution >= 4 is 41.2 Å². The van der Waals surface area contributed by atoms with E-state index in [1.165, 1.54) is 13.3 Å². The van der Waals surface area contributed by atoms with E-state index in [4.69, 9.17) is 27.9 Å². The molecule has 0 bridgehead atoms. The molecule has 8 heteroatoms. The van der Waals surface area contributed by atoms with Crippen molar-refractivity contribution in [2.45, 2.75) is 13.0 Å². The normalized spacial score (nSPS) is 11.8. The number of ether oxygens (including phenoxy) is 1. The number of hydrogen-bond donors (Lipinski definition) is 2. The van der Waals surface area contributed by atoms with Gasteiger partial charge in [-0.05, 0) is 30.2 Å². The van der Waals surface area contributed by atoms with E-state index >= 15 is 0 Å². The zero-order chi connectivity index (χ0) is 19.1. The average Bonchev–Trinajstić information content (AvgIpc) is 2.62. The van der Waals surface area contributed by atoms with Gasteiger partial charge in [-0.15, -0.1) is 0 Å². The molecule has 0 aliphatic rings. The van der Waals surface area contributed by atoms with Crippen LogP contribution in [0.15, 0.2) is 47.6 Å². The monoisotopic (exact) mass is 393 g/mol. The summed E-state index contributed by atoms with van der Waals surface area (Å²) < 4.78 is 5.05. The lowest BCUT2D eigenvalue weighted by molar-refractivity contribution is -0.139. The van der Waals surface area contributed by atoms with Crippen LogP contribution in [0, 0.1) is 0 Å². The first-order valence-corrected chi connectivity index (χ1v) is 8.40. The molecule has 2 N–H and O–H groups in total. The minimum absolute atomic E-state index is 0.308. The van der Waals surface area contributed by atoms with E-state index in [1.807, 2.05) is 30.3 Å². The topological polar surface area (TPSA) is 79.8 Å². The number of nitrogens with zero attached hydrogens (tertiary/aromatic N) is 1. The molecule has 0 saturated heterocycles. The smallest absolute Gasteiger partial charge is 0.329 e. The molecule has 1 atom stereocenters. The number of amides is 2. The maximum absolute atomic E-state index is 11.9. The van der Waals surface area contributed by atoms with Gasteiger partial charge < -0.3 is 10.1 Å². The third-order valence-corrected chi connectivity index (χ3v) is 4.02. The number of carbonyl (C=O) groups is 2. The van der Waals surface area contributed by atoms with Gasteiger partial charge in [-0.25, -0.2) is 5.43 Å². The van der Waals surface area contributed by atoms with Gasteiger partial charge in [-0.1, -0.05) is 53.5 Å². The fourth-order valence-corrected chi connectivity index (χ4v) is 2.81. The van der Waals surface area contributed by atoms with Crippen molar-refractivity contribution in [3.8, 4) is 5.75 Å². The fourth-order valence-electron chi connectivity index (χ4n) is 2.15. The van der Waals surface area contributed by atoms with Crippen molar-refractivity contribution in [2.24, 2.45) is 5.10 Å².